The van der Waals surface area contributed by atoms with E-state index in [1.54, 1.807) is 17.8 Å². The molecule has 0 bridgehead atoms. The number of nitrogens with one attached hydrogen (secondary N) is 1. The number of aryl methyl sites for hydroxylation is 2. The van der Waals surface area contributed by atoms with Crippen LogP contribution in [0.3, 0.4) is 0 Å². The minimum Gasteiger partial charge on any atom is -0.401 e. The third-order valence-electron chi connectivity index (χ3n) is 3.90. The number of rotatable bonds is 3. The molecular formula is C18H15N5O2. The summed E-state index contributed by atoms with van der Waals surface area (Å²) in [5, 5.41) is 16.6. The largest absolute Gasteiger partial charge is 0.401 e. The number of fused-ring (bicyclic) bond motifs is 1. The van der Waals surface area contributed by atoms with E-state index < -0.39 is 0 Å². The van der Waals surface area contributed by atoms with Crippen LogP contribution >= 0.6 is 0 Å². The summed E-state index contributed by atoms with van der Waals surface area (Å²) in [6.45, 7) is 1.88. The minimum absolute atomic E-state index is 0.0480. The standard InChI is InChI=1S/C18H15N5O2/c1-11-10-15(23(2)22-11)17-20-21-18(25-17)19-16(24)14-9-5-7-12-6-3-4-8-13(12)14/h3-10H,1-2H3,(H,19,21,24). The van der Waals surface area contributed by atoms with E-state index in [4.69, 9.17) is 4.42 Å². The average molecular weight is 333 g/mol. The van der Waals surface area contributed by atoms with Gasteiger partial charge in [0, 0.05) is 12.6 Å². The van der Waals surface area contributed by atoms with E-state index in [-0.39, 0.29) is 11.9 Å². The number of carbonyl (C=O) groups excluding carboxylic acids is 1. The van der Waals surface area contributed by atoms with E-state index >= 15 is 0 Å². The maximum atomic E-state index is 12.6. The van der Waals surface area contributed by atoms with Gasteiger partial charge in [0.05, 0.1) is 5.69 Å². The summed E-state index contributed by atoms with van der Waals surface area (Å²) in [5.41, 5.74) is 2.09. The molecule has 2 aromatic heterocycles. The van der Waals surface area contributed by atoms with Gasteiger partial charge < -0.3 is 4.42 Å². The summed E-state index contributed by atoms with van der Waals surface area (Å²) in [5.74, 6) is 0.00417. The van der Waals surface area contributed by atoms with Crippen molar-refractivity contribution in [2.24, 2.45) is 7.05 Å². The Bertz CT molecular complexity index is 1070. The maximum absolute atomic E-state index is 12.6. The summed E-state index contributed by atoms with van der Waals surface area (Å²) in [4.78, 5) is 12.6. The van der Waals surface area contributed by atoms with Crippen molar-refractivity contribution < 1.29 is 9.21 Å². The second-order valence-corrected chi connectivity index (χ2v) is 5.69. The minimum atomic E-state index is -0.298. The molecule has 0 aliphatic rings. The zero-order chi connectivity index (χ0) is 17.4. The molecule has 1 N–H and O–H groups in total. The Balaban J connectivity index is 1.62. The lowest BCUT2D eigenvalue weighted by Gasteiger charge is -2.05. The van der Waals surface area contributed by atoms with Gasteiger partial charge in [-0.3, -0.25) is 14.8 Å². The van der Waals surface area contributed by atoms with E-state index in [9.17, 15) is 4.79 Å². The zero-order valence-electron chi connectivity index (χ0n) is 13.7. The van der Waals surface area contributed by atoms with Crippen molar-refractivity contribution in [1.29, 1.82) is 0 Å². The first-order chi connectivity index (χ1) is 12.1. The predicted molar refractivity (Wildman–Crippen MR) is 93.1 cm³/mol. The van der Waals surface area contributed by atoms with Crippen LogP contribution in [-0.4, -0.2) is 25.9 Å². The number of benzene rings is 2. The summed E-state index contributed by atoms with van der Waals surface area (Å²) in [6, 6.07) is 15.1. The molecule has 0 spiro atoms. The van der Waals surface area contributed by atoms with Crippen LogP contribution < -0.4 is 5.32 Å². The molecule has 1 amide bonds. The lowest BCUT2D eigenvalue weighted by Crippen LogP contribution is -2.12. The van der Waals surface area contributed by atoms with E-state index in [1.807, 2.05) is 49.4 Å². The maximum Gasteiger partial charge on any atom is 0.322 e. The molecule has 0 radical (unpaired) electrons. The number of anilines is 1. The lowest BCUT2D eigenvalue weighted by atomic mass is 10.0. The average Bonchev–Trinajstić information content (AvgIpc) is 3.20. The van der Waals surface area contributed by atoms with Gasteiger partial charge in [0.2, 0.25) is 0 Å². The van der Waals surface area contributed by atoms with Crippen molar-refractivity contribution >= 4 is 22.7 Å². The second kappa shape index (κ2) is 5.86. The highest BCUT2D eigenvalue weighted by Gasteiger charge is 2.16. The Labute approximate surface area is 143 Å². The van der Waals surface area contributed by atoms with Gasteiger partial charge in [0.1, 0.15) is 5.69 Å². The summed E-state index contributed by atoms with van der Waals surface area (Å²) in [6.07, 6.45) is 0. The van der Waals surface area contributed by atoms with Gasteiger partial charge in [0.25, 0.3) is 11.8 Å². The molecule has 7 nitrogen and oxygen atoms in total. The van der Waals surface area contributed by atoms with Crippen LogP contribution in [-0.2, 0) is 7.05 Å². The summed E-state index contributed by atoms with van der Waals surface area (Å²) < 4.78 is 7.21. The third-order valence-corrected chi connectivity index (χ3v) is 3.90. The molecule has 124 valence electrons. The Morgan fingerprint density at radius 1 is 1.12 bits per heavy atom. The Morgan fingerprint density at radius 2 is 1.92 bits per heavy atom. The number of carbonyl (C=O) groups is 1. The molecule has 0 aliphatic carbocycles. The number of hydrogen-bond acceptors (Lipinski definition) is 5. The first-order valence-corrected chi connectivity index (χ1v) is 7.75. The molecule has 4 aromatic rings. The van der Waals surface area contributed by atoms with E-state index in [2.05, 4.69) is 20.6 Å². The van der Waals surface area contributed by atoms with Crippen molar-refractivity contribution in [2.75, 3.05) is 5.32 Å². The van der Waals surface area contributed by atoms with Gasteiger partial charge in [-0.2, -0.15) is 5.10 Å². The normalized spacial score (nSPS) is 11.0. The van der Waals surface area contributed by atoms with Gasteiger partial charge >= 0.3 is 6.01 Å². The van der Waals surface area contributed by atoms with E-state index in [0.717, 1.165) is 16.5 Å². The van der Waals surface area contributed by atoms with Gasteiger partial charge in [-0.05, 0) is 29.8 Å². The molecule has 0 fully saturated rings. The molecule has 0 atom stereocenters. The lowest BCUT2D eigenvalue weighted by molar-refractivity contribution is 0.102. The topological polar surface area (TPSA) is 85.8 Å². The fraction of sp³-hybridized carbons (Fsp3) is 0.111. The Hall–Kier alpha value is -3.48. The highest BCUT2D eigenvalue weighted by Crippen LogP contribution is 2.22. The van der Waals surface area contributed by atoms with Crippen LogP contribution in [0.4, 0.5) is 6.01 Å². The van der Waals surface area contributed by atoms with Crippen LogP contribution in [0.5, 0.6) is 0 Å². The van der Waals surface area contributed by atoms with Crippen LogP contribution in [0.1, 0.15) is 16.1 Å². The number of aromatic nitrogens is 4. The van der Waals surface area contributed by atoms with Gasteiger partial charge in [0.15, 0.2) is 0 Å². The molecule has 0 saturated heterocycles. The molecular weight excluding hydrogens is 318 g/mol. The molecule has 0 aliphatic heterocycles. The summed E-state index contributed by atoms with van der Waals surface area (Å²) >= 11 is 0. The fourth-order valence-electron chi connectivity index (χ4n) is 2.78. The molecule has 7 heteroatoms. The first kappa shape index (κ1) is 15.1. The molecule has 2 aromatic carbocycles. The molecule has 0 saturated carbocycles. The van der Waals surface area contributed by atoms with Crippen LogP contribution in [0, 0.1) is 6.92 Å². The van der Waals surface area contributed by atoms with Crippen molar-refractivity contribution in [3.63, 3.8) is 0 Å². The van der Waals surface area contributed by atoms with Crippen molar-refractivity contribution in [3.8, 4) is 11.6 Å². The zero-order valence-corrected chi connectivity index (χ0v) is 13.7. The van der Waals surface area contributed by atoms with Crippen LogP contribution in [0.15, 0.2) is 52.9 Å². The van der Waals surface area contributed by atoms with E-state index in [0.29, 0.717) is 17.1 Å². The SMILES string of the molecule is Cc1cc(-c2nnc(NC(=O)c3cccc4ccccc34)o2)n(C)n1. The van der Waals surface area contributed by atoms with Crippen molar-refractivity contribution in [3.05, 3.63) is 59.8 Å². The van der Waals surface area contributed by atoms with Crippen LogP contribution in [0.2, 0.25) is 0 Å². The quantitative estimate of drug-likeness (QED) is 0.622. The smallest absolute Gasteiger partial charge is 0.322 e. The Morgan fingerprint density at radius 3 is 2.72 bits per heavy atom. The van der Waals surface area contributed by atoms with E-state index in [1.165, 1.54) is 0 Å². The first-order valence-electron chi connectivity index (χ1n) is 7.75. The number of amides is 1. The number of hydrogen-bond donors (Lipinski definition) is 1. The van der Waals surface area contributed by atoms with Gasteiger partial charge in [-0.1, -0.05) is 41.5 Å². The van der Waals surface area contributed by atoms with Crippen LogP contribution in [0.25, 0.3) is 22.4 Å². The summed E-state index contributed by atoms with van der Waals surface area (Å²) in [7, 11) is 1.79. The predicted octanol–water partition coefficient (Wildman–Crippen LogP) is 3.18. The monoisotopic (exact) mass is 333 g/mol. The fourth-order valence-corrected chi connectivity index (χ4v) is 2.78. The Kier molecular flexibility index (Phi) is 3.53. The van der Waals surface area contributed by atoms with Crippen molar-refractivity contribution in [1.82, 2.24) is 20.0 Å². The highest BCUT2D eigenvalue weighted by atomic mass is 16.4. The van der Waals surface area contributed by atoms with Gasteiger partial charge in [-0.25, -0.2) is 0 Å². The molecule has 25 heavy (non-hydrogen) atoms. The molecule has 4 rings (SSSR count). The second-order valence-electron chi connectivity index (χ2n) is 5.69. The molecule has 0 unspecified atom stereocenters. The highest BCUT2D eigenvalue weighted by molar-refractivity contribution is 6.12. The molecule has 2 heterocycles. The number of nitrogens with zero attached hydrogens (tertiary/aromatic N) is 4. The van der Waals surface area contributed by atoms with Gasteiger partial charge in [-0.15, -0.1) is 5.10 Å². The third kappa shape index (κ3) is 2.76. The van der Waals surface area contributed by atoms with Crippen molar-refractivity contribution in [2.45, 2.75) is 6.92 Å².